The predicted octanol–water partition coefficient (Wildman–Crippen LogP) is 0.414. The highest BCUT2D eigenvalue weighted by atomic mass is 16.5. The number of rotatable bonds is 3. The van der Waals surface area contributed by atoms with E-state index in [0.717, 1.165) is 0 Å². The standard InChI is InChI=1S/C12H11N5O4/c1-20-9-4-6-3-7(12(18)14-19)11-13-15-16-17(11)8(6)5-10(9)21-2/h3-5,19H,1-2H3,(H,14,18). The minimum absolute atomic E-state index is 0.141. The molecule has 0 aliphatic carbocycles. The number of hydroxylamine groups is 1. The van der Waals surface area contributed by atoms with Gasteiger partial charge in [0.05, 0.1) is 25.3 Å². The van der Waals surface area contributed by atoms with Crippen LogP contribution in [0.3, 0.4) is 0 Å². The van der Waals surface area contributed by atoms with Crippen molar-refractivity contribution in [2.24, 2.45) is 0 Å². The molecule has 0 saturated heterocycles. The Hall–Kier alpha value is -2.94. The summed E-state index contributed by atoms with van der Waals surface area (Å²) >= 11 is 0. The van der Waals surface area contributed by atoms with Crippen molar-refractivity contribution in [3.8, 4) is 11.5 Å². The first-order valence-corrected chi connectivity index (χ1v) is 5.91. The van der Waals surface area contributed by atoms with Gasteiger partial charge in [-0.05, 0) is 22.6 Å². The zero-order chi connectivity index (χ0) is 15.0. The molecule has 2 aromatic heterocycles. The van der Waals surface area contributed by atoms with Crippen LogP contribution in [0.25, 0.3) is 16.6 Å². The summed E-state index contributed by atoms with van der Waals surface area (Å²) < 4.78 is 11.9. The summed E-state index contributed by atoms with van der Waals surface area (Å²) in [6, 6.07) is 4.97. The molecule has 0 bridgehead atoms. The molecule has 0 saturated carbocycles. The molecule has 3 aromatic rings. The second-order valence-corrected chi connectivity index (χ2v) is 4.18. The average Bonchev–Trinajstić information content (AvgIpc) is 3.01. The van der Waals surface area contributed by atoms with Crippen molar-refractivity contribution in [2.45, 2.75) is 0 Å². The van der Waals surface area contributed by atoms with Crippen LogP contribution in [-0.2, 0) is 0 Å². The number of nitrogens with zero attached hydrogens (tertiary/aromatic N) is 4. The van der Waals surface area contributed by atoms with E-state index in [4.69, 9.17) is 14.7 Å². The number of hydrogen-bond acceptors (Lipinski definition) is 7. The van der Waals surface area contributed by atoms with Crippen molar-refractivity contribution >= 4 is 22.5 Å². The fourth-order valence-electron chi connectivity index (χ4n) is 2.15. The molecule has 9 heteroatoms. The molecule has 21 heavy (non-hydrogen) atoms. The number of hydrogen-bond donors (Lipinski definition) is 2. The minimum Gasteiger partial charge on any atom is -0.493 e. The Morgan fingerprint density at radius 2 is 1.95 bits per heavy atom. The van der Waals surface area contributed by atoms with Crippen LogP contribution in [0.15, 0.2) is 18.2 Å². The first-order valence-electron chi connectivity index (χ1n) is 5.91. The summed E-state index contributed by atoms with van der Waals surface area (Å²) in [4.78, 5) is 11.7. The molecule has 0 fully saturated rings. The zero-order valence-corrected chi connectivity index (χ0v) is 11.2. The number of aromatic nitrogens is 4. The van der Waals surface area contributed by atoms with E-state index in [1.54, 1.807) is 23.7 Å². The molecular formula is C12H11N5O4. The third kappa shape index (κ3) is 1.91. The van der Waals surface area contributed by atoms with Gasteiger partial charge in [-0.15, -0.1) is 5.10 Å². The van der Waals surface area contributed by atoms with Gasteiger partial charge in [0.15, 0.2) is 17.1 Å². The van der Waals surface area contributed by atoms with Crippen LogP contribution in [0.1, 0.15) is 10.4 Å². The van der Waals surface area contributed by atoms with Crippen LogP contribution in [0.5, 0.6) is 11.5 Å². The Balaban J connectivity index is 2.41. The van der Waals surface area contributed by atoms with Crippen LogP contribution in [-0.4, -0.2) is 45.4 Å². The summed E-state index contributed by atoms with van der Waals surface area (Å²) in [5.74, 6) is 0.320. The molecule has 1 amide bonds. The summed E-state index contributed by atoms with van der Waals surface area (Å²) in [6.07, 6.45) is 0. The van der Waals surface area contributed by atoms with Gasteiger partial charge >= 0.3 is 0 Å². The average molecular weight is 289 g/mol. The van der Waals surface area contributed by atoms with E-state index < -0.39 is 5.91 Å². The molecule has 0 aliphatic rings. The zero-order valence-electron chi connectivity index (χ0n) is 11.2. The van der Waals surface area contributed by atoms with Crippen LogP contribution < -0.4 is 15.0 Å². The highest BCUT2D eigenvalue weighted by Gasteiger charge is 2.17. The van der Waals surface area contributed by atoms with Crippen molar-refractivity contribution < 1.29 is 19.5 Å². The fourth-order valence-corrected chi connectivity index (χ4v) is 2.15. The number of tetrazole rings is 1. The number of ether oxygens (including phenoxy) is 2. The maximum Gasteiger partial charge on any atom is 0.278 e. The summed E-state index contributed by atoms with van der Waals surface area (Å²) in [6.45, 7) is 0. The highest BCUT2D eigenvalue weighted by Crippen LogP contribution is 2.32. The maximum atomic E-state index is 11.7. The van der Waals surface area contributed by atoms with Crippen molar-refractivity contribution in [1.29, 1.82) is 0 Å². The quantitative estimate of drug-likeness (QED) is 0.530. The van der Waals surface area contributed by atoms with Crippen LogP contribution >= 0.6 is 0 Å². The summed E-state index contributed by atoms with van der Waals surface area (Å²) in [7, 11) is 3.04. The van der Waals surface area contributed by atoms with E-state index in [9.17, 15) is 4.79 Å². The number of carbonyl (C=O) groups excluding carboxylic acids is 1. The van der Waals surface area contributed by atoms with Crippen molar-refractivity contribution in [3.05, 3.63) is 23.8 Å². The maximum absolute atomic E-state index is 11.7. The predicted molar refractivity (Wildman–Crippen MR) is 70.6 cm³/mol. The van der Waals surface area contributed by atoms with E-state index in [2.05, 4.69) is 15.5 Å². The lowest BCUT2D eigenvalue weighted by Gasteiger charge is -2.10. The van der Waals surface area contributed by atoms with Crippen molar-refractivity contribution in [2.75, 3.05) is 14.2 Å². The van der Waals surface area contributed by atoms with Crippen LogP contribution in [0.2, 0.25) is 0 Å². The van der Waals surface area contributed by atoms with E-state index in [-0.39, 0.29) is 11.2 Å². The molecule has 0 unspecified atom stereocenters. The highest BCUT2D eigenvalue weighted by molar-refractivity contribution is 6.03. The molecule has 0 spiro atoms. The molecule has 1 aromatic carbocycles. The topological polar surface area (TPSA) is 111 Å². The number of pyridine rings is 1. The van der Waals surface area contributed by atoms with Crippen LogP contribution in [0, 0.1) is 0 Å². The van der Waals surface area contributed by atoms with Gasteiger partial charge in [0.1, 0.15) is 0 Å². The van der Waals surface area contributed by atoms with Gasteiger partial charge < -0.3 is 9.47 Å². The first-order chi connectivity index (χ1) is 10.2. The van der Waals surface area contributed by atoms with Gasteiger partial charge in [-0.2, -0.15) is 4.52 Å². The molecule has 0 atom stereocenters. The van der Waals surface area contributed by atoms with E-state index in [0.29, 0.717) is 22.4 Å². The van der Waals surface area contributed by atoms with Gasteiger partial charge in [-0.1, -0.05) is 0 Å². The number of fused-ring (bicyclic) bond motifs is 3. The van der Waals surface area contributed by atoms with Gasteiger partial charge in [-0.3, -0.25) is 10.0 Å². The SMILES string of the molecule is COc1cc2cc(C(=O)NO)c3nnnn3c2cc1OC. The largest absolute Gasteiger partial charge is 0.493 e. The molecule has 0 aliphatic heterocycles. The normalized spacial score (nSPS) is 10.8. The number of nitrogens with one attached hydrogen (secondary N) is 1. The van der Waals surface area contributed by atoms with E-state index in [1.807, 2.05) is 0 Å². The number of amides is 1. The number of carbonyl (C=O) groups is 1. The van der Waals surface area contributed by atoms with Crippen molar-refractivity contribution in [3.63, 3.8) is 0 Å². The molecule has 108 valence electrons. The fraction of sp³-hybridized carbons (Fsp3) is 0.167. The Bertz CT molecular complexity index is 844. The molecule has 2 heterocycles. The molecular weight excluding hydrogens is 278 g/mol. The third-order valence-electron chi connectivity index (χ3n) is 3.12. The van der Waals surface area contributed by atoms with Gasteiger partial charge in [0, 0.05) is 11.5 Å². The molecule has 0 radical (unpaired) electrons. The second-order valence-electron chi connectivity index (χ2n) is 4.18. The third-order valence-corrected chi connectivity index (χ3v) is 3.12. The first kappa shape index (κ1) is 13.1. The van der Waals surface area contributed by atoms with Crippen LogP contribution in [0.4, 0.5) is 0 Å². The lowest BCUT2D eigenvalue weighted by atomic mass is 10.1. The summed E-state index contributed by atoms with van der Waals surface area (Å²) in [5, 5.41) is 20.7. The van der Waals surface area contributed by atoms with Gasteiger partial charge in [0.2, 0.25) is 0 Å². The molecule has 2 N–H and O–H groups in total. The van der Waals surface area contributed by atoms with E-state index >= 15 is 0 Å². The van der Waals surface area contributed by atoms with Gasteiger partial charge in [0.25, 0.3) is 5.91 Å². The number of benzene rings is 1. The minimum atomic E-state index is -0.702. The second kappa shape index (κ2) is 4.87. The smallest absolute Gasteiger partial charge is 0.278 e. The Morgan fingerprint density at radius 1 is 1.24 bits per heavy atom. The number of methoxy groups -OCH3 is 2. The van der Waals surface area contributed by atoms with E-state index in [1.165, 1.54) is 18.7 Å². The molecule has 3 rings (SSSR count). The van der Waals surface area contributed by atoms with Crippen molar-refractivity contribution in [1.82, 2.24) is 25.5 Å². The lowest BCUT2D eigenvalue weighted by molar-refractivity contribution is 0.0707. The Morgan fingerprint density at radius 3 is 2.62 bits per heavy atom. The Labute approximate surface area is 118 Å². The summed E-state index contributed by atoms with van der Waals surface area (Å²) in [5.41, 5.74) is 2.58. The molecule has 9 nitrogen and oxygen atoms in total. The lowest BCUT2D eigenvalue weighted by Crippen LogP contribution is -2.19. The monoisotopic (exact) mass is 289 g/mol. The van der Waals surface area contributed by atoms with Gasteiger partial charge in [-0.25, -0.2) is 5.48 Å². The Kier molecular flexibility index (Phi) is 3.03.